The summed E-state index contributed by atoms with van der Waals surface area (Å²) in [5.41, 5.74) is 1.02. The van der Waals surface area contributed by atoms with E-state index in [0.717, 1.165) is 42.4 Å². The van der Waals surface area contributed by atoms with Crippen LogP contribution in [0.25, 0.3) is 0 Å². The van der Waals surface area contributed by atoms with Gasteiger partial charge in [0.1, 0.15) is 12.4 Å². The standard InChI is InChI=1S/C15H20ClN3O/c1-2-6-17-11-13-14(16)4-3-5-15(13)20-10-9-19-8-7-18-12-19/h3-5,7-8,12,17H,2,6,9-11H2,1H3. The Morgan fingerprint density at radius 3 is 3.05 bits per heavy atom. The van der Waals surface area contributed by atoms with Crippen molar-refractivity contribution in [2.24, 2.45) is 0 Å². The predicted molar refractivity (Wildman–Crippen MR) is 81.2 cm³/mol. The molecule has 0 aliphatic heterocycles. The molecule has 1 N–H and O–H groups in total. The molecule has 2 rings (SSSR count). The van der Waals surface area contributed by atoms with E-state index in [-0.39, 0.29) is 0 Å². The minimum absolute atomic E-state index is 0.595. The van der Waals surface area contributed by atoms with E-state index in [0.29, 0.717) is 6.61 Å². The first-order valence-corrected chi connectivity index (χ1v) is 7.25. The third-order valence-corrected chi connectivity index (χ3v) is 3.32. The summed E-state index contributed by atoms with van der Waals surface area (Å²) in [6.45, 7) is 5.21. The summed E-state index contributed by atoms with van der Waals surface area (Å²) in [5, 5.41) is 4.10. The third-order valence-electron chi connectivity index (χ3n) is 2.97. The fourth-order valence-corrected chi connectivity index (χ4v) is 2.15. The van der Waals surface area contributed by atoms with Gasteiger partial charge in [0, 0.05) is 29.5 Å². The number of rotatable bonds is 8. The van der Waals surface area contributed by atoms with Gasteiger partial charge in [0.15, 0.2) is 0 Å². The summed E-state index contributed by atoms with van der Waals surface area (Å²) in [6.07, 6.45) is 6.57. The summed E-state index contributed by atoms with van der Waals surface area (Å²) >= 11 is 6.25. The topological polar surface area (TPSA) is 39.1 Å². The zero-order valence-corrected chi connectivity index (χ0v) is 12.4. The second kappa shape index (κ2) is 7.92. The van der Waals surface area contributed by atoms with E-state index in [2.05, 4.69) is 17.2 Å². The Morgan fingerprint density at radius 1 is 1.40 bits per heavy atom. The molecule has 0 saturated heterocycles. The van der Waals surface area contributed by atoms with Crippen LogP contribution >= 0.6 is 11.6 Å². The maximum atomic E-state index is 6.25. The van der Waals surface area contributed by atoms with Crippen molar-refractivity contribution in [3.05, 3.63) is 47.5 Å². The number of nitrogens with zero attached hydrogens (tertiary/aromatic N) is 2. The third kappa shape index (κ3) is 4.25. The predicted octanol–water partition coefficient (Wildman–Crippen LogP) is 3.12. The first-order valence-electron chi connectivity index (χ1n) is 6.88. The van der Waals surface area contributed by atoms with Gasteiger partial charge in [-0.2, -0.15) is 0 Å². The largest absolute Gasteiger partial charge is 0.491 e. The molecule has 0 aliphatic carbocycles. The highest BCUT2D eigenvalue weighted by atomic mass is 35.5. The lowest BCUT2D eigenvalue weighted by atomic mass is 10.2. The lowest BCUT2D eigenvalue weighted by Crippen LogP contribution is -2.16. The Kier molecular flexibility index (Phi) is 5.89. The molecule has 108 valence electrons. The van der Waals surface area contributed by atoms with Crippen LogP contribution in [0.1, 0.15) is 18.9 Å². The number of imidazole rings is 1. The van der Waals surface area contributed by atoms with E-state index >= 15 is 0 Å². The van der Waals surface area contributed by atoms with Crippen LogP contribution in [0.3, 0.4) is 0 Å². The van der Waals surface area contributed by atoms with E-state index in [1.165, 1.54) is 0 Å². The summed E-state index contributed by atoms with van der Waals surface area (Å²) in [6, 6.07) is 5.77. The summed E-state index contributed by atoms with van der Waals surface area (Å²) in [5.74, 6) is 0.848. The van der Waals surface area contributed by atoms with E-state index in [1.54, 1.807) is 12.5 Å². The minimum Gasteiger partial charge on any atom is -0.491 e. The summed E-state index contributed by atoms with van der Waals surface area (Å²) < 4.78 is 7.83. The number of nitrogens with one attached hydrogen (secondary N) is 1. The van der Waals surface area contributed by atoms with Crippen molar-refractivity contribution in [3.8, 4) is 5.75 Å². The normalized spacial score (nSPS) is 10.7. The van der Waals surface area contributed by atoms with Gasteiger partial charge >= 0.3 is 0 Å². The zero-order chi connectivity index (χ0) is 14.2. The van der Waals surface area contributed by atoms with Gasteiger partial charge in [-0.1, -0.05) is 24.6 Å². The molecule has 2 aromatic rings. The van der Waals surface area contributed by atoms with Gasteiger partial charge in [0.25, 0.3) is 0 Å². The van der Waals surface area contributed by atoms with Crippen molar-refractivity contribution < 1.29 is 4.74 Å². The van der Waals surface area contributed by atoms with E-state index in [1.807, 2.05) is 29.0 Å². The van der Waals surface area contributed by atoms with Gasteiger partial charge in [-0.15, -0.1) is 0 Å². The van der Waals surface area contributed by atoms with Crippen LogP contribution in [0.2, 0.25) is 5.02 Å². The smallest absolute Gasteiger partial charge is 0.125 e. The van der Waals surface area contributed by atoms with Crippen LogP contribution in [-0.2, 0) is 13.1 Å². The lowest BCUT2D eigenvalue weighted by Gasteiger charge is -2.13. The molecular weight excluding hydrogens is 274 g/mol. The highest BCUT2D eigenvalue weighted by Gasteiger charge is 2.07. The van der Waals surface area contributed by atoms with E-state index < -0.39 is 0 Å². The molecule has 0 bridgehead atoms. The Hall–Kier alpha value is -1.52. The van der Waals surface area contributed by atoms with Crippen molar-refractivity contribution in [1.82, 2.24) is 14.9 Å². The molecule has 1 aromatic heterocycles. The Bertz CT molecular complexity index is 514. The maximum absolute atomic E-state index is 6.25. The molecule has 0 unspecified atom stereocenters. The first kappa shape index (κ1) is 14.9. The van der Waals surface area contributed by atoms with Gasteiger partial charge in [0.2, 0.25) is 0 Å². The molecule has 0 aliphatic rings. The van der Waals surface area contributed by atoms with Crippen molar-refractivity contribution >= 4 is 11.6 Å². The average Bonchev–Trinajstić information content (AvgIpc) is 2.95. The van der Waals surface area contributed by atoms with Crippen LogP contribution in [0.4, 0.5) is 0 Å². The van der Waals surface area contributed by atoms with Crippen LogP contribution in [0, 0.1) is 0 Å². The summed E-state index contributed by atoms with van der Waals surface area (Å²) in [4.78, 5) is 4.01. The number of aromatic nitrogens is 2. The highest BCUT2D eigenvalue weighted by Crippen LogP contribution is 2.26. The van der Waals surface area contributed by atoms with Crippen LogP contribution < -0.4 is 10.1 Å². The van der Waals surface area contributed by atoms with E-state index in [4.69, 9.17) is 16.3 Å². The quantitative estimate of drug-likeness (QED) is 0.760. The highest BCUT2D eigenvalue weighted by molar-refractivity contribution is 6.31. The van der Waals surface area contributed by atoms with Gasteiger partial charge in [-0.25, -0.2) is 4.98 Å². The van der Waals surface area contributed by atoms with Crippen LogP contribution in [0.15, 0.2) is 36.9 Å². The van der Waals surface area contributed by atoms with Crippen molar-refractivity contribution in [2.75, 3.05) is 13.2 Å². The molecule has 0 atom stereocenters. The van der Waals surface area contributed by atoms with Crippen molar-refractivity contribution in [2.45, 2.75) is 26.4 Å². The van der Waals surface area contributed by atoms with Gasteiger partial charge in [0.05, 0.1) is 12.9 Å². The molecule has 1 heterocycles. The molecule has 0 radical (unpaired) electrons. The second-order valence-electron chi connectivity index (χ2n) is 4.54. The van der Waals surface area contributed by atoms with Gasteiger partial charge < -0.3 is 14.6 Å². The molecule has 0 fully saturated rings. The van der Waals surface area contributed by atoms with Gasteiger partial charge in [-0.3, -0.25) is 0 Å². The number of halogens is 1. The zero-order valence-electron chi connectivity index (χ0n) is 11.7. The molecule has 1 aromatic carbocycles. The fraction of sp³-hybridized carbons (Fsp3) is 0.400. The van der Waals surface area contributed by atoms with Crippen molar-refractivity contribution in [1.29, 1.82) is 0 Å². The number of ether oxygens (including phenoxy) is 1. The Labute approximate surface area is 124 Å². The summed E-state index contributed by atoms with van der Waals surface area (Å²) in [7, 11) is 0. The Balaban J connectivity index is 1.93. The van der Waals surface area contributed by atoms with Gasteiger partial charge in [-0.05, 0) is 25.1 Å². The number of hydrogen-bond acceptors (Lipinski definition) is 3. The second-order valence-corrected chi connectivity index (χ2v) is 4.95. The lowest BCUT2D eigenvalue weighted by molar-refractivity contribution is 0.295. The van der Waals surface area contributed by atoms with Crippen molar-refractivity contribution in [3.63, 3.8) is 0 Å². The molecule has 4 nitrogen and oxygen atoms in total. The fourth-order valence-electron chi connectivity index (χ4n) is 1.92. The average molecular weight is 294 g/mol. The maximum Gasteiger partial charge on any atom is 0.125 e. The monoisotopic (exact) mass is 293 g/mol. The minimum atomic E-state index is 0.595. The molecule has 5 heteroatoms. The molecular formula is C15H20ClN3O. The number of benzene rings is 1. The molecule has 0 amide bonds. The first-order chi connectivity index (χ1) is 9.81. The Morgan fingerprint density at radius 2 is 2.30 bits per heavy atom. The molecule has 20 heavy (non-hydrogen) atoms. The SMILES string of the molecule is CCCNCc1c(Cl)cccc1OCCn1ccnc1. The van der Waals surface area contributed by atoms with Crippen LogP contribution in [0.5, 0.6) is 5.75 Å². The van der Waals surface area contributed by atoms with E-state index in [9.17, 15) is 0 Å². The molecule has 0 saturated carbocycles. The number of hydrogen-bond donors (Lipinski definition) is 1. The molecule has 0 spiro atoms. The van der Waals surface area contributed by atoms with Crippen LogP contribution in [-0.4, -0.2) is 22.7 Å².